The molecule has 3 nitrogen and oxygen atoms in total. The van der Waals surface area contributed by atoms with Crippen molar-refractivity contribution in [3.05, 3.63) is 0 Å². The molecule has 0 N–H and O–H groups in total. The summed E-state index contributed by atoms with van der Waals surface area (Å²) in [5, 5.41) is 0. The summed E-state index contributed by atoms with van der Waals surface area (Å²) in [5.74, 6) is 0.626. The molecule has 15 heavy (non-hydrogen) atoms. The van der Waals surface area contributed by atoms with Gasteiger partial charge in [-0.25, -0.2) is 4.79 Å². The molecule has 0 aromatic rings. The molecule has 0 saturated heterocycles. The van der Waals surface area contributed by atoms with Gasteiger partial charge in [-0.1, -0.05) is 20.8 Å². The van der Waals surface area contributed by atoms with E-state index in [0.29, 0.717) is 11.3 Å². The third kappa shape index (κ3) is 3.11. The van der Waals surface area contributed by atoms with Crippen molar-refractivity contribution in [2.75, 3.05) is 7.11 Å². The molecule has 0 amide bonds. The second-order valence-corrected chi connectivity index (χ2v) is 5.10. The Kier molecular flexibility index (Phi) is 4.00. The minimum absolute atomic E-state index is 0.0404. The fourth-order valence-corrected chi connectivity index (χ4v) is 2.27. The molecule has 0 bridgehead atoms. The summed E-state index contributed by atoms with van der Waals surface area (Å²) in [6, 6.07) is 0. The summed E-state index contributed by atoms with van der Waals surface area (Å²) in [7, 11) is 1.35. The van der Waals surface area contributed by atoms with Gasteiger partial charge in [-0.2, -0.15) is 0 Å². The quantitative estimate of drug-likeness (QED) is 0.661. The molecule has 0 radical (unpaired) electrons. The lowest BCUT2D eigenvalue weighted by Gasteiger charge is -2.40. The van der Waals surface area contributed by atoms with Gasteiger partial charge in [0.05, 0.1) is 7.11 Å². The summed E-state index contributed by atoms with van der Waals surface area (Å²) >= 11 is 0. The first-order chi connectivity index (χ1) is 6.98. The first-order valence-corrected chi connectivity index (χ1v) is 5.72. The maximum Gasteiger partial charge on any atom is 0.508 e. The van der Waals surface area contributed by atoms with Crippen molar-refractivity contribution in [3.63, 3.8) is 0 Å². The number of methoxy groups -OCH3 is 1. The average molecular weight is 214 g/mol. The fourth-order valence-electron chi connectivity index (χ4n) is 2.27. The summed E-state index contributed by atoms with van der Waals surface area (Å²) in [4.78, 5) is 11.0. The molecule has 3 heteroatoms. The molecule has 0 spiro atoms. The predicted octanol–water partition coefficient (Wildman–Crippen LogP) is 3.37. The molecule has 0 aliphatic heterocycles. The van der Waals surface area contributed by atoms with Crippen molar-refractivity contribution < 1.29 is 14.3 Å². The molecule has 88 valence electrons. The van der Waals surface area contributed by atoms with E-state index in [1.54, 1.807) is 0 Å². The smallest absolute Gasteiger partial charge is 0.438 e. The molecule has 1 fully saturated rings. The van der Waals surface area contributed by atoms with E-state index >= 15 is 0 Å². The Morgan fingerprint density at radius 2 is 2.13 bits per heavy atom. The molecule has 1 aliphatic rings. The van der Waals surface area contributed by atoms with Crippen LogP contribution in [0.2, 0.25) is 0 Å². The molecule has 0 heterocycles. The lowest BCUT2D eigenvalue weighted by Crippen LogP contribution is -2.35. The fraction of sp³-hybridized carbons (Fsp3) is 0.917. The first kappa shape index (κ1) is 12.3. The third-order valence-corrected chi connectivity index (χ3v) is 3.79. The molecule has 1 unspecified atom stereocenters. The molecular weight excluding hydrogens is 192 g/mol. The van der Waals surface area contributed by atoms with Crippen molar-refractivity contribution >= 4 is 6.16 Å². The van der Waals surface area contributed by atoms with E-state index in [4.69, 9.17) is 4.74 Å². The molecule has 1 aliphatic carbocycles. The third-order valence-electron chi connectivity index (χ3n) is 3.79. The largest absolute Gasteiger partial charge is 0.508 e. The Bertz CT molecular complexity index is 225. The van der Waals surface area contributed by atoms with Crippen molar-refractivity contribution in [1.82, 2.24) is 0 Å². The number of carbonyl (C=O) groups is 1. The van der Waals surface area contributed by atoms with Crippen LogP contribution in [0.5, 0.6) is 0 Å². The summed E-state index contributed by atoms with van der Waals surface area (Å²) in [5.41, 5.74) is 0.303. The van der Waals surface area contributed by atoms with Gasteiger partial charge < -0.3 is 9.47 Å². The average Bonchev–Trinajstić information content (AvgIpc) is 2.17. The van der Waals surface area contributed by atoms with E-state index in [0.717, 1.165) is 19.3 Å². The van der Waals surface area contributed by atoms with Crippen LogP contribution >= 0.6 is 0 Å². The van der Waals surface area contributed by atoms with Gasteiger partial charge in [0.2, 0.25) is 0 Å². The van der Waals surface area contributed by atoms with Gasteiger partial charge in [0.1, 0.15) is 6.10 Å². The van der Waals surface area contributed by atoms with Crippen LogP contribution in [0.15, 0.2) is 0 Å². The lowest BCUT2D eigenvalue weighted by molar-refractivity contribution is -0.0157. The number of rotatable bonds is 2. The van der Waals surface area contributed by atoms with Crippen LogP contribution in [-0.4, -0.2) is 19.4 Å². The Morgan fingerprint density at radius 1 is 1.47 bits per heavy atom. The van der Waals surface area contributed by atoms with E-state index in [9.17, 15) is 4.79 Å². The lowest BCUT2D eigenvalue weighted by atomic mass is 9.67. The van der Waals surface area contributed by atoms with Crippen molar-refractivity contribution in [1.29, 1.82) is 0 Å². The molecular formula is C12H22O3. The van der Waals surface area contributed by atoms with Crippen LogP contribution in [0.4, 0.5) is 4.79 Å². The summed E-state index contributed by atoms with van der Waals surface area (Å²) in [6.45, 7) is 6.76. The number of carbonyl (C=O) groups excluding carboxylic acids is 1. The van der Waals surface area contributed by atoms with E-state index in [2.05, 4.69) is 25.5 Å². The molecule has 2 atom stereocenters. The van der Waals surface area contributed by atoms with E-state index in [1.165, 1.54) is 13.5 Å². The first-order valence-electron chi connectivity index (χ1n) is 5.72. The highest BCUT2D eigenvalue weighted by Gasteiger charge is 2.36. The zero-order chi connectivity index (χ0) is 11.5. The molecule has 0 aromatic heterocycles. The topological polar surface area (TPSA) is 35.5 Å². The molecule has 1 saturated carbocycles. The minimum atomic E-state index is -0.548. The standard InChI is InChI=1S/C12H22O3/c1-9(2)12(3)7-5-6-10(8-12)15-11(13)14-4/h9-10H,5-8H2,1-4H3/t10?,12-/m1/s1. The second kappa shape index (κ2) is 4.86. The highest BCUT2D eigenvalue weighted by atomic mass is 16.7. The van der Waals surface area contributed by atoms with Gasteiger partial charge in [0, 0.05) is 0 Å². The van der Waals surface area contributed by atoms with Crippen molar-refractivity contribution in [3.8, 4) is 0 Å². The Balaban J connectivity index is 2.52. The number of hydrogen-bond donors (Lipinski definition) is 0. The number of ether oxygens (including phenoxy) is 2. The van der Waals surface area contributed by atoms with E-state index in [-0.39, 0.29) is 6.10 Å². The van der Waals surface area contributed by atoms with Crippen molar-refractivity contribution in [2.45, 2.75) is 52.6 Å². The van der Waals surface area contributed by atoms with E-state index in [1.807, 2.05) is 0 Å². The van der Waals surface area contributed by atoms with Gasteiger partial charge in [0.15, 0.2) is 0 Å². The molecule has 0 aromatic carbocycles. The summed E-state index contributed by atoms with van der Waals surface area (Å²) < 4.78 is 9.75. The van der Waals surface area contributed by atoms with Gasteiger partial charge >= 0.3 is 6.16 Å². The van der Waals surface area contributed by atoms with E-state index < -0.39 is 6.16 Å². The van der Waals surface area contributed by atoms with Crippen LogP contribution in [0.1, 0.15) is 46.5 Å². The van der Waals surface area contributed by atoms with Crippen LogP contribution in [0.3, 0.4) is 0 Å². The van der Waals surface area contributed by atoms with Crippen LogP contribution in [-0.2, 0) is 9.47 Å². The van der Waals surface area contributed by atoms with Gasteiger partial charge in [-0.15, -0.1) is 0 Å². The number of hydrogen-bond acceptors (Lipinski definition) is 3. The maximum atomic E-state index is 11.0. The zero-order valence-electron chi connectivity index (χ0n) is 10.2. The van der Waals surface area contributed by atoms with Gasteiger partial charge in [-0.05, 0) is 37.0 Å². The van der Waals surface area contributed by atoms with Crippen LogP contribution < -0.4 is 0 Å². The highest BCUT2D eigenvalue weighted by molar-refractivity contribution is 5.59. The van der Waals surface area contributed by atoms with Crippen LogP contribution in [0.25, 0.3) is 0 Å². The minimum Gasteiger partial charge on any atom is -0.438 e. The zero-order valence-corrected chi connectivity index (χ0v) is 10.2. The van der Waals surface area contributed by atoms with Gasteiger partial charge in [0.25, 0.3) is 0 Å². The van der Waals surface area contributed by atoms with Crippen molar-refractivity contribution in [2.24, 2.45) is 11.3 Å². The Labute approximate surface area is 92.1 Å². The van der Waals surface area contributed by atoms with Gasteiger partial charge in [-0.3, -0.25) is 0 Å². The second-order valence-electron chi connectivity index (χ2n) is 5.10. The Morgan fingerprint density at radius 3 is 2.67 bits per heavy atom. The van der Waals surface area contributed by atoms with Crippen LogP contribution in [0, 0.1) is 11.3 Å². The highest BCUT2D eigenvalue weighted by Crippen LogP contribution is 2.42. The molecule has 1 rings (SSSR count). The Hall–Kier alpha value is -0.730. The predicted molar refractivity (Wildman–Crippen MR) is 58.7 cm³/mol. The summed E-state index contributed by atoms with van der Waals surface area (Å²) in [6.07, 6.45) is 3.78. The monoisotopic (exact) mass is 214 g/mol. The maximum absolute atomic E-state index is 11.0. The normalized spacial score (nSPS) is 31.4. The SMILES string of the molecule is COC(=O)OC1CCC[C@@](C)(C(C)C)C1.